The van der Waals surface area contributed by atoms with Crippen molar-refractivity contribution in [2.24, 2.45) is 0 Å². The molecule has 0 radical (unpaired) electrons. The fraction of sp³-hybridized carbons (Fsp3) is 0.192. The molecular formula is C26H26ClN5O2S. The smallest absolute Gasteiger partial charge is 0.319 e. The summed E-state index contributed by atoms with van der Waals surface area (Å²) in [4.78, 5) is 12.5. The number of rotatable bonds is 8. The van der Waals surface area contributed by atoms with E-state index in [0.717, 1.165) is 27.9 Å². The molecule has 0 bridgehead atoms. The first-order valence-electron chi connectivity index (χ1n) is 11.0. The van der Waals surface area contributed by atoms with Crippen molar-refractivity contribution in [2.75, 3.05) is 12.4 Å². The lowest BCUT2D eigenvalue weighted by molar-refractivity contribution is 0.251. The molecule has 0 aliphatic carbocycles. The van der Waals surface area contributed by atoms with Gasteiger partial charge in [0.2, 0.25) is 0 Å². The summed E-state index contributed by atoms with van der Waals surface area (Å²) in [5.74, 6) is 2.07. The summed E-state index contributed by atoms with van der Waals surface area (Å²) in [5.41, 5.74) is 5.01. The Morgan fingerprint density at radius 1 is 1.03 bits per heavy atom. The molecule has 0 saturated carbocycles. The zero-order valence-electron chi connectivity index (χ0n) is 19.7. The van der Waals surface area contributed by atoms with Crippen molar-refractivity contribution in [3.63, 3.8) is 0 Å². The molecule has 2 N–H and O–H groups in total. The molecular weight excluding hydrogens is 482 g/mol. The van der Waals surface area contributed by atoms with Gasteiger partial charge in [-0.1, -0.05) is 53.7 Å². The molecule has 4 aromatic rings. The van der Waals surface area contributed by atoms with Gasteiger partial charge >= 0.3 is 6.03 Å². The van der Waals surface area contributed by atoms with Crippen molar-refractivity contribution in [1.82, 2.24) is 20.1 Å². The summed E-state index contributed by atoms with van der Waals surface area (Å²) >= 11 is 7.91. The minimum Gasteiger partial charge on any atom is -0.497 e. The number of amides is 2. The van der Waals surface area contributed by atoms with Crippen LogP contribution in [0.15, 0.2) is 71.9 Å². The summed E-state index contributed by atoms with van der Waals surface area (Å²) in [6.07, 6.45) is 0. The van der Waals surface area contributed by atoms with E-state index in [4.69, 9.17) is 16.3 Å². The quantitative estimate of drug-likeness (QED) is 0.279. The van der Waals surface area contributed by atoms with E-state index in [1.807, 2.05) is 41.8 Å². The van der Waals surface area contributed by atoms with Gasteiger partial charge in [-0.3, -0.25) is 4.57 Å². The van der Waals surface area contributed by atoms with Crippen molar-refractivity contribution >= 4 is 35.1 Å². The Morgan fingerprint density at radius 3 is 2.54 bits per heavy atom. The number of benzene rings is 3. The highest BCUT2D eigenvalue weighted by Crippen LogP contribution is 2.29. The number of anilines is 1. The van der Waals surface area contributed by atoms with Crippen LogP contribution >= 0.6 is 23.4 Å². The van der Waals surface area contributed by atoms with Gasteiger partial charge in [0.05, 0.1) is 19.3 Å². The average molecular weight is 508 g/mol. The number of hydrogen-bond donors (Lipinski definition) is 2. The lowest BCUT2D eigenvalue weighted by Crippen LogP contribution is -2.29. The van der Waals surface area contributed by atoms with E-state index in [2.05, 4.69) is 39.9 Å². The molecule has 0 aliphatic heterocycles. The van der Waals surface area contributed by atoms with E-state index in [0.29, 0.717) is 16.5 Å². The van der Waals surface area contributed by atoms with Crippen molar-refractivity contribution in [3.05, 3.63) is 94.3 Å². The molecule has 0 aliphatic rings. The molecule has 0 saturated heterocycles. The van der Waals surface area contributed by atoms with Gasteiger partial charge in [-0.2, -0.15) is 0 Å². The fourth-order valence-electron chi connectivity index (χ4n) is 3.50. The van der Waals surface area contributed by atoms with Crippen molar-refractivity contribution in [3.8, 4) is 11.4 Å². The van der Waals surface area contributed by atoms with Crippen LogP contribution in [0.5, 0.6) is 5.75 Å². The second kappa shape index (κ2) is 11.3. The lowest BCUT2D eigenvalue weighted by atomic mass is 10.1. The Hall–Kier alpha value is -3.49. The first-order chi connectivity index (χ1) is 16.9. The molecule has 0 fully saturated rings. The van der Waals surface area contributed by atoms with Crippen LogP contribution in [0, 0.1) is 13.8 Å². The Morgan fingerprint density at radius 2 is 1.80 bits per heavy atom. The van der Waals surface area contributed by atoms with Gasteiger partial charge in [-0.15, -0.1) is 10.2 Å². The van der Waals surface area contributed by atoms with E-state index in [1.54, 1.807) is 43.1 Å². The molecule has 1 aromatic heterocycles. The highest BCUT2D eigenvalue weighted by atomic mass is 35.5. The van der Waals surface area contributed by atoms with Gasteiger partial charge < -0.3 is 15.4 Å². The van der Waals surface area contributed by atoms with Crippen LogP contribution < -0.4 is 15.4 Å². The van der Waals surface area contributed by atoms with E-state index < -0.39 is 0 Å². The molecule has 3 aromatic carbocycles. The van der Waals surface area contributed by atoms with Crippen LogP contribution in [0.3, 0.4) is 0 Å². The average Bonchev–Trinajstić information content (AvgIpc) is 3.26. The second-order valence-electron chi connectivity index (χ2n) is 7.92. The topological polar surface area (TPSA) is 81.1 Å². The van der Waals surface area contributed by atoms with Gasteiger partial charge in [0.1, 0.15) is 5.75 Å². The number of aromatic nitrogens is 3. The standard InChI is InChI=1S/C26H26ClN5O2S/c1-17-6-4-5-7-19(17)16-35-26-31-30-24(32(26)23-14-20(27)9-8-18(23)2)15-28-25(33)29-21-10-12-22(34-3)13-11-21/h4-14H,15-16H2,1-3H3,(H2,28,29,33). The molecule has 7 nitrogen and oxygen atoms in total. The second-order valence-corrected chi connectivity index (χ2v) is 9.30. The van der Waals surface area contributed by atoms with Crippen LogP contribution in [0.25, 0.3) is 5.69 Å². The molecule has 4 rings (SSSR count). The molecule has 9 heteroatoms. The van der Waals surface area contributed by atoms with E-state index in [-0.39, 0.29) is 12.6 Å². The third-order valence-corrected chi connectivity index (χ3v) is 6.70. The third-order valence-electron chi connectivity index (χ3n) is 5.49. The predicted molar refractivity (Wildman–Crippen MR) is 141 cm³/mol. The van der Waals surface area contributed by atoms with Crippen molar-refractivity contribution < 1.29 is 9.53 Å². The zero-order chi connectivity index (χ0) is 24.8. The number of urea groups is 1. The number of halogens is 1. The molecule has 35 heavy (non-hydrogen) atoms. The largest absolute Gasteiger partial charge is 0.497 e. The third kappa shape index (κ3) is 6.15. The first-order valence-corrected chi connectivity index (χ1v) is 12.4. The molecule has 0 spiro atoms. The Bertz CT molecular complexity index is 1320. The number of aryl methyl sites for hydroxylation is 2. The van der Waals surface area contributed by atoms with Gasteiger partial charge in [0, 0.05) is 16.5 Å². The summed E-state index contributed by atoms with van der Waals surface area (Å²) < 4.78 is 7.11. The number of methoxy groups -OCH3 is 1. The predicted octanol–water partition coefficient (Wildman–Crippen LogP) is 6.16. The molecule has 180 valence electrons. The molecule has 2 amide bonds. The Kier molecular flexibility index (Phi) is 7.94. The summed E-state index contributed by atoms with van der Waals surface area (Å²) in [6.45, 7) is 4.29. The highest BCUT2D eigenvalue weighted by molar-refractivity contribution is 7.98. The van der Waals surface area contributed by atoms with Crippen LogP contribution in [-0.2, 0) is 12.3 Å². The lowest BCUT2D eigenvalue weighted by Gasteiger charge is -2.14. The number of carbonyl (C=O) groups is 1. The molecule has 1 heterocycles. The van der Waals surface area contributed by atoms with Crippen LogP contribution in [-0.4, -0.2) is 27.9 Å². The van der Waals surface area contributed by atoms with Crippen LogP contribution in [0.4, 0.5) is 10.5 Å². The van der Waals surface area contributed by atoms with E-state index >= 15 is 0 Å². The summed E-state index contributed by atoms with van der Waals surface area (Å²) in [6, 6.07) is 20.7. The minimum absolute atomic E-state index is 0.186. The number of hydrogen-bond acceptors (Lipinski definition) is 5. The van der Waals surface area contributed by atoms with Gasteiger partial charge in [-0.05, 0) is 66.9 Å². The maximum Gasteiger partial charge on any atom is 0.319 e. The number of nitrogens with one attached hydrogen (secondary N) is 2. The number of thioether (sulfide) groups is 1. The Balaban J connectivity index is 1.54. The van der Waals surface area contributed by atoms with Gasteiger partial charge in [-0.25, -0.2) is 4.79 Å². The zero-order valence-corrected chi connectivity index (χ0v) is 21.3. The summed E-state index contributed by atoms with van der Waals surface area (Å²) in [5, 5.41) is 15.9. The molecule has 0 unspecified atom stereocenters. The SMILES string of the molecule is COc1ccc(NC(=O)NCc2nnc(SCc3ccccc3C)n2-c2cc(Cl)ccc2C)cc1. The monoisotopic (exact) mass is 507 g/mol. The summed E-state index contributed by atoms with van der Waals surface area (Å²) in [7, 11) is 1.60. The number of nitrogens with zero attached hydrogens (tertiary/aromatic N) is 3. The van der Waals surface area contributed by atoms with Crippen molar-refractivity contribution in [2.45, 2.75) is 31.3 Å². The number of ether oxygens (including phenoxy) is 1. The number of carbonyl (C=O) groups excluding carboxylic acids is 1. The van der Waals surface area contributed by atoms with E-state index in [9.17, 15) is 4.79 Å². The van der Waals surface area contributed by atoms with Crippen LogP contribution in [0.1, 0.15) is 22.5 Å². The Labute approximate surface area is 213 Å². The van der Waals surface area contributed by atoms with Crippen molar-refractivity contribution in [1.29, 1.82) is 0 Å². The minimum atomic E-state index is -0.346. The first kappa shape index (κ1) is 24.6. The normalized spacial score (nSPS) is 10.7. The maximum absolute atomic E-state index is 12.5. The van der Waals surface area contributed by atoms with Gasteiger partial charge in [0.15, 0.2) is 11.0 Å². The molecule has 0 atom stereocenters. The fourth-order valence-corrected chi connectivity index (χ4v) is 4.70. The van der Waals surface area contributed by atoms with Gasteiger partial charge in [0.25, 0.3) is 0 Å². The van der Waals surface area contributed by atoms with Crippen LogP contribution in [0.2, 0.25) is 5.02 Å². The highest BCUT2D eigenvalue weighted by Gasteiger charge is 2.18. The van der Waals surface area contributed by atoms with E-state index in [1.165, 1.54) is 11.1 Å². The maximum atomic E-state index is 12.5.